The van der Waals surface area contributed by atoms with E-state index in [4.69, 9.17) is 10.5 Å². The van der Waals surface area contributed by atoms with Crippen LogP contribution in [-0.4, -0.2) is 24.7 Å². The summed E-state index contributed by atoms with van der Waals surface area (Å²) in [5.74, 6) is 0. The normalized spacial score (nSPS) is 19.0. The molecule has 78 valence electrons. The zero-order valence-electron chi connectivity index (χ0n) is 8.27. The number of nitrogens with two attached hydrogens (primary N) is 1. The molecule has 4 heteroatoms. The molecule has 1 aromatic heterocycles. The summed E-state index contributed by atoms with van der Waals surface area (Å²) in [7, 11) is 0. The Balaban J connectivity index is 2.10. The minimum atomic E-state index is 0.0537. The van der Waals surface area contributed by atoms with Crippen LogP contribution in [0, 0.1) is 0 Å². The summed E-state index contributed by atoms with van der Waals surface area (Å²) in [5, 5.41) is 0. The average molecular weight is 220 g/mol. The monoisotopic (exact) mass is 220 g/mol. The minimum absolute atomic E-state index is 0.0537. The van der Waals surface area contributed by atoms with Gasteiger partial charge in [-0.15, -0.1) is 11.3 Å². The van der Waals surface area contributed by atoms with E-state index in [0.717, 1.165) is 18.7 Å². The molecule has 0 radical (unpaired) electrons. The molecule has 2 aromatic rings. The van der Waals surface area contributed by atoms with Crippen molar-refractivity contribution in [1.82, 2.24) is 4.98 Å². The maximum absolute atomic E-state index is 5.83. The van der Waals surface area contributed by atoms with Crippen molar-refractivity contribution in [2.24, 2.45) is 5.73 Å². The molecule has 0 spiro atoms. The van der Waals surface area contributed by atoms with E-state index in [9.17, 15) is 0 Å². The van der Waals surface area contributed by atoms with Crippen molar-refractivity contribution in [2.75, 3.05) is 19.8 Å². The second-order valence-electron chi connectivity index (χ2n) is 4.01. The first-order valence-electron chi connectivity index (χ1n) is 4.96. The Morgan fingerprint density at radius 3 is 3.00 bits per heavy atom. The number of benzene rings is 1. The Morgan fingerprint density at radius 1 is 1.47 bits per heavy atom. The zero-order chi connectivity index (χ0) is 10.3. The summed E-state index contributed by atoms with van der Waals surface area (Å²) in [4.78, 5) is 4.27. The van der Waals surface area contributed by atoms with Crippen molar-refractivity contribution in [3.05, 3.63) is 29.3 Å². The fourth-order valence-electron chi connectivity index (χ4n) is 1.94. The van der Waals surface area contributed by atoms with Crippen molar-refractivity contribution in [2.45, 2.75) is 5.41 Å². The van der Waals surface area contributed by atoms with E-state index in [-0.39, 0.29) is 5.41 Å². The third-order valence-corrected chi connectivity index (χ3v) is 3.88. The molecule has 1 fully saturated rings. The summed E-state index contributed by atoms with van der Waals surface area (Å²) in [5.41, 5.74) is 10.1. The highest BCUT2D eigenvalue weighted by Gasteiger charge is 2.39. The molecule has 1 aliphatic rings. The quantitative estimate of drug-likeness (QED) is 0.834. The average Bonchev–Trinajstić information content (AvgIpc) is 2.64. The van der Waals surface area contributed by atoms with Crippen LogP contribution in [0.4, 0.5) is 0 Å². The van der Waals surface area contributed by atoms with Crippen LogP contribution in [-0.2, 0) is 10.2 Å². The molecule has 3 nitrogen and oxygen atoms in total. The SMILES string of the molecule is NCC1(c2ccc3ncsc3c2)COC1. The molecule has 1 saturated heterocycles. The fourth-order valence-corrected chi connectivity index (χ4v) is 2.65. The largest absolute Gasteiger partial charge is 0.379 e. The molecular weight excluding hydrogens is 208 g/mol. The molecule has 0 amide bonds. The van der Waals surface area contributed by atoms with E-state index in [1.165, 1.54) is 10.3 Å². The molecule has 1 aliphatic heterocycles. The van der Waals surface area contributed by atoms with Crippen molar-refractivity contribution in [1.29, 1.82) is 0 Å². The maximum atomic E-state index is 5.83. The van der Waals surface area contributed by atoms with Gasteiger partial charge in [0.2, 0.25) is 0 Å². The Labute approximate surface area is 91.9 Å². The number of ether oxygens (including phenoxy) is 1. The topological polar surface area (TPSA) is 48.1 Å². The summed E-state index contributed by atoms with van der Waals surface area (Å²) in [6, 6.07) is 6.39. The van der Waals surface area contributed by atoms with Crippen LogP contribution < -0.4 is 5.73 Å². The van der Waals surface area contributed by atoms with Gasteiger partial charge in [0, 0.05) is 6.54 Å². The van der Waals surface area contributed by atoms with Crippen molar-refractivity contribution in [3.8, 4) is 0 Å². The molecule has 2 N–H and O–H groups in total. The van der Waals surface area contributed by atoms with E-state index in [0.29, 0.717) is 6.54 Å². The molecule has 2 heterocycles. The Hall–Kier alpha value is -0.970. The number of hydrogen-bond acceptors (Lipinski definition) is 4. The highest BCUT2D eigenvalue weighted by Crippen LogP contribution is 2.33. The number of fused-ring (bicyclic) bond motifs is 1. The van der Waals surface area contributed by atoms with Crippen LogP contribution in [0.25, 0.3) is 10.2 Å². The van der Waals surface area contributed by atoms with Gasteiger partial charge in [0.1, 0.15) is 0 Å². The molecule has 1 aromatic carbocycles. The standard InChI is InChI=1S/C11H12N2OS/c12-4-11(5-14-6-11)8-1-2-9-10(3-8)15-7-13-9/h1-3,7H,4-6,12H2. The Morgan fingerprint density at radius 2 is 2.33 bits per heavy atom. The minimum Gasteiger partial charge on any atom is -0.379 e. The van der Waals surface area contributed by atoms with Crippen molar-refractivity contribution < 1.29 is 4.74 Å². The Bertz CT molecular complexity index is 485. The molecule has 0 atom stereocenters. The first-order chi connectivity index (χ1) is 7.34. The summed E-state index contributed by atoms with van der Waals surface area (Å²) in [6.45, 7) is 2.14. The van der Waals surface area contributed by atoms with Crippen molar-refractivity contribution >= 4 is 21.6 Å². The second-order valence-corrected chi connectivity index (χ2v) is 4.90. The van der Waals surface area contributed by atoms with Crippen LogP contribution >= 0.6 is 11.3 Å². The van der Waals surface area contributed by atoms with Crippen LogP contribution in [0.3, 0.4) is 0 Å². The van der Waals surface area contributed by atoms with E-state index in [1.54, 1.807) is 11.3 Å². The first kappa shape index (κ1) is 9.27. The highest BCUT2D eigenvalue weighted by molar-refractivity contribution is 7.16. The van der Waals surface area contributed by atoms with E-state index >= 15 is 0 Å². The van der Waals surface area contributed by atoms with Crippen molar-refractivity contribution in [3.63, 3.8) is 0 Å². The number of aromatic nitrogens is 1. The molecule has 3 rings (SSSR count). The molecule has 0 aliphatic carbocycles. The lowest BCUT2D eigenvalue weighted by Crippen LogP contribution is -2.52. The van der Waals surface area contributed by atoms with Gasteiger partial charge >= 0.3 is 0 Å². The summed E-state index contributed by atoms with van der Waals surface area (Å²) < 4.78 is 6.51. The van der Waals surface area contributed by atoms with Crippen LogP contribution in [0.5, 0.6) is 0 Å². The van der Waals surface area contributed by atoms with Crippen LogP contribution in [0.1, 0.15) is 5.56 Å². The number of hydrogen-bond donors (Lipinski definition) is 1. The van der Waals surface area contributed by atoms with Gasteiger partial charge in [-0.05, 0) is 17.7 Å². The maximum Gasteiger partial charge on any atom is 0.0812 e. The number of thiazole rings is 1. The molecule has 0 unspecified atom stereocenters. The van der Waals surface area contributed by atoms with Gasteiger partial charge in [-0.2, -0.15) is 0 Å². The molecule has 0 bridgehead atoms. The lowest BCUT2D eigenvalue weighted by atomic mass is 9.79. The molecule has 15 heavy (non-hydrogen) atoms. The zero-order valence-corrected chi connectivity index (χ0v) is 9.09. The molecule has 0 saturated carbocycles. The third-order valence-electron chi connectivity index (χ3n) is 3.09. The van der Waals surface area contributed by atoms with Gasteiger partial charge in [0.05, 0.1) is 34.4 Å². The van der Waals surface area contributed by atoms with Crippen LogP contribution in [0.2, 0.25) is 0 Å². The van der Waals surface area contributed by atoms with Gasteiger partial charge in [-0.1, -0.05) is 6.07 Å². The smallest absolute Gasteiger partial charge is 0.0812 e. The lowest BCUT2D eigenvalue weighted by Gasteiger charge is -2.41. The highest BCUT2D eigenvalue weighted by atomic mass is 32.1. The first-order valence-corrected chi connectivity index (χ1v) is 5.84. The molecular formula is C11H12N2OS. The van der Waals surface area contributed by atoms with E-state index in [2.05, 4.69) is 23.2 Å². The number of nitrogens with zero attached hydrogens (tertiary/aromatic N) is 1. The van der Waals surface area contributed by atoms with Gasteiger partial charge in [0.25, 0.3) is 0 Å². The lowest BCUT2D eigenvalue weighted by molar-refractivity contribution is -0.0549. The predicted octanol–water partition coefficient (Wildman–Crippen LogP) is 1.52. The predicted molar refractivity (Wildman–Crippen MR) is 61.2 cm³/mol. The Kier molecular flexibility index (Phi) is 2.02. The fraction of sp³-hybridized carbons (Fsp3) is 0.364. The van der Waals surface area contributed by atoms with E-state index < -0.39 is 0 Å². The van der Waals surface area contributed by atoms with E-state index in [1.807, 2.05) is 5.51 Å². The summed E-state index contributed by atoms with van der Waals surface area (Å²) >= 11 is 1.67. The summed E-state index contributed by atoms with van der Waals surface area (Å²) in [6.07, 6.45) is 0. The van der Waals surface area contributed by atoms with Crippen LogP contribution in [0.15, 0.2) is 23.7 Å². The van der Waals surface area contributed by atoms with Gasteiger partial charge in [-0.25, -0.2) is 4.98 Å². The third kappa shape index (κ3) is 1.29. The van der Waals surface area contributed by atoms with Gasteiger partial charge in [-0.3, -0.25) is 0 Å². The second kappa shape index (κ2) is 3.27. The number of rotatable bonds is 2. The van der Waals surface area contributed by atoms with Gasteiger partial charge in [0.15, 0.2) is 0 Å². The van der Waals surface area contributed by atoms with Gasteiger partial charge < -0.3 is 10.5 Å².